The van der Waals surface area contributed by atoms with Crippen molar-refractivity contribution in [3.05, 3.63) is 53.6 Å². The lowest BCUT2D eigenvalue weighted by Crippen LogP contribution is -2.44. The summed E-state index contributed by atoms with van der Waals surface area (Å²) in [6.07, 6.45) is 0. The monoisotopic (exact) mass is 435 g/mol. The van der Waals surface area contributed by atoms with Crippen LogP contribution >= 0.6 is 0 Å². The number of amides is 3. The van der Waals surface area contributed by atoms with Crippen LogP contribution in [0, 0.1) is 6.92 Å². The highest BCUT2D eigenvalue weighted by molar-refractivity contribution is 6.25. The maximum atomic E-state index is 13.1. The number of aryl methyl sites for hydroxylation is 1. The summed E-state index contributed by atoms with van der Waals surface area (Å²) >= 11 is 0. The maximum Gasteiger partial charge on any atom is 0.263 e. The first-order valence-corrected chi connectivity index (χ1v) is 10.3. The van der Waals surface area contributed by atoms with E-state index in [4.69, 9.17) is 9.47 Å². The SMILES string of the molecule is Cc1ccc(CNC(=O)CN2N=N[C@H]3C(=O)N(c4ccc5c(c4)OCCO5)C(=O)[C@@H]32)cc1. The summed E-state index contributed by atoms with van der Waals surface area (Å²) in [4.78, 5) is 39.5. The van der Waals surface area contributed by atoms with E-state index in [2.05, 4.69) is 15.7 Å². The second kappa shape index (κ2) is 7.95. The Hall–Kier alpha value is -3.95. The molecule has 3 aliphatic rings. The lowest BCUT2D eigenvalue weighted by molar-refractivity contribution is -0.125. The second-order valence-electron chi connectivity index (χ2n) is 7.79. The molecule has 3 heterocycles. The van der Waals surface area contributed by atoms with Crippen molar-refractivity contribution < 1.29 is 23.9 Å². The van der Waals surface area contributed by atoms with Crippen LogP contribution in [0.1, 0.15) is 11.1 Å². The molecule has 2 aromatic carbocycles. The van der Waals surface area contributed by atoms with E-state index < -0.39 is 23.9 Å². The molecule has 1 fully saturated rings. The maximum absolute atomic E-state index is 13.1. The molecule has 2 atom stereocenters. The number of imide groups is 1. The standard InChI is InChI=1S/C22H21N5O5/c1-13-2-4-14(5-3-13)11-23-18(28)12-26-20-19(24-25-26)21(29)27(22(20)30)15-6-7-16-17(10-15)32-9-8-31-16/h2-7,10,19-20H,8-9,11-12H2,1H3,(H,23,28)/t19-,20-/m1/s1. The van der Waals surface area contributed by atoms with E-state index >= 15 is 0 Å². The van der Waals surface area contributed by atoms with E-state index in [0.717, 1.165) is 16.0 Å². The van der Waals surface area contributed by atoms with Crippen LogP contribution < -0.4 is 19.7 Å². The Morgan fingerprint density at radius 2 is 1.81 bits per heavy atom. The van der Waals surface area contributed by atoms with Crippen molar-refractivity contribution >= 4 is 23.4 Å². The first-order valence-electron chi connectivity index (χ1n) is 10.3. The number of fused-ring (bicyclic) bond motifs is 2. The molecule has 0 aromatic heterocycles. The van der Waals surface area contributed by atoms with Crippen LogP contribution in [0.25, 0.3) is 0 Å². The van der Waals surface area contributed by atoms with E-state index in [-0.39, 0.29) is 12.5 Å². The van der Waals surface area contributed by atoms with Gasteiger partial charge >= 0.3 is 0 Å². The molecule has 1 saturated heterocycles. The molecular formula is C22H21N5O5. The highest BCUT2D eigenvalue weighted by Crippen LogP contribution is 2.37. The number of hydrogen-bond donors (Lipinski definition) is 1. The lowest BCUT2D eigenvalue weighted by atomic mass is 10.1. The van der Waals surface area contributed by atoms with E-state index in [1.807, 2.05) is 31.2 Å². The molecule has 0 spiro atoms. The van der Waals surface area contributed by atoms with Crippen molar-refractivity contribution in [1.29, 1.82) is 0 Å². The van der Waals surface area contributed by atoms with Gasteiger partial charge in [-0.05, 0) is 24.6 Å². The number of nitrogens with zero attached hydrogens (tertiary/aromatic N) is 4. The predicted octanol–water partition coefficient (Wildman–Crippen LogP) is 1.38. The lowest BCUT2D eigenvalue weighted by Gasteiger charge is -2.22. The summed E-state index contributed by atoms with van der Waals surface area (Å²) < 4.78 is 11.0. The molecule has 0 unspecified atom stereocenters. The summed E-state index contributed by atoms with van der Waals surface area (Å²) in [5, 5.41) is 11.9. The number of hydrogen-bond acceptors (Lipinski definition) is 8. The van der Waals surface area contributed by atoms with Gasteiger partial charge in [0.05, 0.1) is 5.69 Å². The first kappa shape index (κ1) is 20.0. The number of carbonyl (C=O) groups is 3. The third-order valence-corrected chi connectivity index (χ3v) is 5.56. The van der Waals surface area contributed by atoms with E-state index in [1.54, 1.807) is 18.2 Å². The Bertz CT molecular complexity index is 1120. The molecule has 0 aliphatic carbocycles. The second-order valence-corrected chi connectivity index (χ2v) is 7.79. The van der Waals surface area contributed by atoms with Crippen molar-refractivity contribution in [3.63, 3.8) is 0 Å². The van der Waals surface area contributed by atoms with Crippen molar-refractivity contribution in [2.24, 2.45) is 10.3 Å². The molecular weight excluding hydrogens is 414 g/mol. The number of rotatable bonds is 5. The van der Waals surface area contributed by atoms with Gasteiger partial charge in [0.25, 0.3) is 11.8 Å². The zero-order valence-corrected chi connectivity index (χ0v) is 17.4. The van der Waals surface area contributed by atoms with Crippen LogP contribution in [-0.2, 0) is 20.9 Å². The van der Waals surface area contributed by atoms with Gasteiger partial charge in [0, 0.05) is 12.6 Å². The van der Waals surface area contributed by atoms with Gasteiger partial charge < -0.3 is 14.8 Å². The molecule has 5 rings (SSSR count). The molecule has 164 valence electrons. The van der Waals surface area contributed by atoms with Crippen LogP contribution in [0.2, 0.25) is 0 Å². The number of anilines is 1. The van der Waals surface area contributed by atoms with Gasteiger partial charge in [-0.25, -0.2) is 4.90 Å². The third-order valence-electron chi connectivity index (χ3n) is 5.56. The minimum absolute atomic E-state index is 0.176. The highest BCUT2D eigenvalue weighted by atomic mass is 16.6. The fourth-order valence-electron chi connectivity index (χ4n) is 3.89. The zero-order chi connectivity index (χ0) is 22.2. The van der Waals surface area contributed by atoms with Gasteiger partial charge in [-0.3, -0.25) is 19.4 Å². The Labute approximate surface area is 183 Å². The van der Waals surface area contributed by atoms with Crippen molar-refractivity contribution in [1.82, 2.24) is 10.3 Å². The van der Waals surface area contributed by atoms with Crippen LogP contribution in [0.5, 0.6) is 11.5 Å². The Balaban J connectivity index is 1.26. The Morgan fingerprint density at radius 1 is 1.06 bits per heavy atom. The average molecular weight is 435 g/mol. The number of ether oxygens (including phenoxy) is 2. The van der Waals surface area contributed by atoms with E-state index in [9.17, 15) is 14.4 Å². The molecule has 3 aliphatic heterocycles. The van der Waals surface area contributed by atoms with Crippen LogP contribution in [-0.4, -0.2) is 54.6 Å². The van der Waals surface area contributed by atoms with Crippen molar-refractivity contribution in [2.75, 3.05) is 24.7 Å². The minimum atomic E-state index is -0.972. The van der Waals surface area contributed by atoms with Crippen molar-refractivity contribution in [3.8, 4) is 11.5 Å². The molecule has 10 nitrogen and oxygen atoms in total. The zero-order valence-electron chi connectivity index (χ0n) is 17.4. The van der Waals surface area contributed by atoms with Gasteiger partial charge in [0.2, 0.25) is 5.91 Å². The fourth-order valence-corrected chi connectivity index (χ4v) is 3.89. The van der Waals surface area contributed by atoms with E-state index in [0.29, 0.717) is 36.9 Å². The molecule has 10 heteroatoms. The highest BCUT2D eigenvalue weighted by Gasteiger charge is 2.55. The summed E-state index contributed by atoms with van der Waals surface area (Å²) in [7, 11) is 0. The number of benzene rings is 2. The minimum Gasteiger partial charge on any atom is -0.486 e. The largest absolute Gasteiger partial charge is 0.486 e. The summed E-state index contributed by atoms with van der Waals surface area (Å²) in [6, 6.07) is 10.8. The van der Waals surface area contributed by atoms with Gasteiger partial charge in [-0.1, -0.05) is 35.1 Å². The smallest absolute Gasteiger partial charge is 0.263 e. The Kier molecular flexibility index (Phi) is 4.96. The van der Waals surface area contributed by atoms with E-state index in [1.165, 1.54) is 5.01 Å². The molecule has 3 amide bonds. The van der Waals surface area contributed by atoms with Gasteiger partial charge in [-0.15, -0.1) is 0 Å². The predicted molar refractivity (Wildman–Crippen MR) is 112 cm³/mol. The van der Waals surface area contributed by atoms with Gasteiger partial charge in [0.1, 0.15) is 19.8 Å². The van der Waals surface area contributed by atoms with Gasteiger partial charge in [0.15, 0.2) is 23.6 Å². The number of carbonyl (C=O) groups excluding carboxylic acids is 3. The molecule has 2 aromatic rings. The van der Waals surface area contributed by atoms with Crippen LogP contribution in [0.15, 0.2) is 52.8 Å². The van der Waals surface area contributed by atoms with Crippen LogP contribution in [0.4, 0.5) is 5.69 Å². The topological polar surface area (TPSA) is 113 Å². The summed E-state index contributed by atoms with van der Waals surface area (Å²) in [5.41, 5.74) is 2.47. The quantitative estimate of drug-likeness (QED) is 0.710. The molecule has 0 radical (unpaired) electrons. The summed E-state index contributed by atoms with van der Waals surface area (Å²) in [5.74, 6) is -0.245. The average Bonchev–Trinajstić information content (AvgIpc) is 3.32. The fraction of sp³-hybridized carbons (Fsp3) is 0.318. The molecule has 32 heavy (non-hydrogen) atoms. The normalized spacial score (nSPS) is 21.2. The third kappa shape index (κ3) is 3.53. The van der Waals surface area contributed by atoms with Crippen LogP contribution in [0.3, 0.4) is 0 Å². The molecule has 0 saturated carbocycles. The van der Waals surface area contributed by atoms with Gasteiger partial charge in [-0.2, -0.15) is 5.11 Å². The molecule has 1 N–H and O–H groups in total. The molecule has 0 bridgehead atoms. The van der Waals surface area contributed by atoms with Crippen molar-refractivity contribution in [2.45, 2.75) is 25.6 Å². The first-order chi connectivity index (χ1) is 15.5. The Morgan fingerprint density at radius 3 is 2.59 bits per heavy atom. The number of nitrogens with one attached hydrogen (secondary N) is 1. The summed E-state index contributed by atoms with van der Waals surface area (Å²) in [6.45, 7) is 3.01.